The molecule has 0 unspecified atom stereocenters. The first kappa shape index (κ1) is 8.54. The number of aromatic nitrogens is 1. The van der Waals surface area contributed by atoms with Crippen LogP contribution in [0.1, 0.15) is 4.44 Å². The van der Waals surface area contributed by atoms with E-state index in [4.69, 9.17) is 0 Å². The molecule has 0 spiro atoms. The first-order chi connectivity index (χ1) is 6.34. The third kappa shape index (κ3) is 2.20. The van der Waals surface area contributed by atoms with E-state index in [2.05, 4.69) is 17.2 Å². The Morgan fingerprint density at radius 1 is 1.23 bits per heavy atom. The fraction of sp³-hybridized carbons (Fsp3) is 0.100. The van der Waals surface area contributed by atoms with Crippen LogP contribution in [0.25, 0.3) is 0 Å². The summed E-state index contributed by atoms with van der Waals surface area (Å²) in [5.41, 5.74) is 1.12. The van der Waals surface area contributed by atoms with E-state index in [0.29, 0.717) is 14.5 Å². The van der Waals surface area contributed by atoms with E-state index in [0.717, 1.165) is 10.4 Å². The number of anilines is 2. The second kappa shape index (κ2) is 3.77. The van der Waals surface area contributed by atoms with Gasteiger partial charge in [0.1, 0.15) is 0 Å². The summed E-state index contributed by atoms with van der Waals surface area (Å²) in [4.78, 5) is 4.28. The Hall–Kier alpha value is -1.05. The summed E-state index contributed by atoms with van der Waals surface area (Å²) >= 11 is 0.399. The van der Waals surface area contributed by atoms with E-state index in [-0.39, 0.29) is 0 Å². The van der Waals surface area contributed by atoms with Gasteiger partial charge in [-0.25, -0.2) is 0 Å². The van der Waals surface area contributed by atoms with Crippen LogP contribution in [0, 0.1) is 6.92 Å². The van der Waals surface area contributed by atoms with E-state index in [1.54, 1.807) is 0 Å². The van der Waals surface area contributed by atoms with Gasteiger partial charge in [0, 0.05) is 0 Å². The molecule has 0 aliphatic carbocycles. The van der Waals surface area contributed by atoms with E-state index in [9.17, 15) is 0 Å². The number of hydrogen-bond acceptors (Lipinski definition) is 2. The zero-order valence-corrected chi connectivity index (χ0v) is 9.03. The molecule has 1 aromatic heterocycles. The topological polar surface area (TPSA) is 24.9 Å². The second-order valence-corrected chi connectivity index (χ2v) is 5.36. The van der Waals surface area contributed by atoms with Crippen LogP contribution in [0.2, 0.25) is 0 Å². The summed E-state index contributed by atoms with van der Waals surface area (Å²) in [6, 6.07) is 10.1. The van der Waals surface area contributed by atoms with E-state index in [1.807, 2.05) is 36.5 Å². The molecule has 2 nitrogen and oxygen atoms in total. The average molecular weight is 237 g/mol. The van der Waals surface area contributed by atoms with Crippen LogP contribution in [-0.4, -0.2) is 19.5 Å². The van der Waals surface area contributed by atoms with Crippen molar-refractivity contribution in [1.29, 1.82) is 0 Å². The Morgan fingerprint density at radius 3 is 2.62 bits per heavy atom. The van der Waals surface area contributed by atoms with Crippen molar-refractivity contribution in [3.63, 3.8) is 0 Å². The standard InChI is InChI=1S/C10H10N2Se/c1-8-7-11-10(13-8)12-9-5-3-2-4-6-9/h2-7H,1H3,(H,11,12). The van der Waals surface area contributed by atoms with Crippen LogP contribution < -0.4 is 5.32 Å². The summed E-state index contributed by atoms with van der Waals surface area (Å²) in [7, 11) is 0. The Morgan fingerprint density at radius 2 is 2.00 bits per heavy atom. The number of nitrogens with zero attached hydrogens (tertiary/aromatic N) is 1. The van der Waals surface area contributed by atoms with Crippen molar-refractivity contribution in [2.45, 2.75) is 6.92 Å². The quantitative estimate of drug-likeness (QED) is 0.810. The monoisotopic (exact) mass is 238 g/mol. The summed E-state index contributed by atoms with van der Waals surface area (Å²) in [6.45, 7) is 2.11. The van der Waals surface area contributed by atoms with Gasteiger partial charge in [0.05, 0.1) is 0 Å². The molecular weight excluding hydrogens is 227 g/mol. The van der Waals surface area contributed by atoms with Gasteiger partial charge in [0.25, 0.3) is 0 Å². The number of rotatable bonds is 2. The summed E-state index contributed by atoms with van der Waals surface area (Å²) < 4.78 is 2.46. The zero-order valence-electron chi connectivity index (χ0n) is 7.32. The van der Waals surface area contributed by atoms with Crippen molar-refractivity contribution in [1.82, 2.24) is 4.98 Å². The predicted molar refractivity (Wildman–Crippen MR) is 55.6 cm³/mol. The van der Waals surface area contributed by atoms with Gasteiger partial charge in [-0.1, -0.05) is 0 Å². The fourth-order valence-corrected chi connectivity index (χ4v) is 2.49. The van der Waals surface area contributed by atoms with Crippen molar-refractivity contribution in [3.8, 4) is 0 Å². The average Bonchev–Trinajstić information content (AvgIpc) is 2.53. The third-order valence-corrected chi connectivity index (χ3v) is 3.38. The normalized spacial score (nSPS) is 9.92. The molecule has 1 aromatic carbocycles. The van der Waals surface area contributed by atoms with E-state index < -0.39 is 0 Å². The first-order valence-corrected chi connectivity index (χ1v) is 5.80. The van der Waals surface area contributed by atoms with Crippen LogP contribution in [0.5, 0.6) is 0 Å². The van der Waals surface area contributed by atoms with Gasteiger partial charge >= 0.3 is 83.1 Å². The second-order valence-electron chi connectivity index (χ2n) is 2.77. The summed E-state index contributed by atoms with van der Waals surface area (Å²) in [5, 5.41) is 3.30. The molecule has 0 aliphatic rings. The molecule has 0 atom stereocenters. The summed E-state index contributed by atoms with van der Waals surface area (Å²) in [6.07, 6.45) is 1.94. The minimum absolute atomic E-state index is 0.399. The Balaban J connectivity index is 2.15. The fourth-order valence-electron chi connectivity index (χ4n) is 1.06. The van der Waals surface area contributed by atoms with E-state index in [1.165, 1.54) is 4.44 Å². The molecule has 13 heavy (non-hydrogen) atoms. The van der Waals surface area contributed by atoms with Gasteiger partial charge in [0.15, 0.2) is 0 Å². The molecule has 0 fully saturated rings. The van der Waals surface area contributed by atoms with Crippen molar-refractivity contribution in [2.24, 2.45) is 0 Å². The number of nitrogens with one attached hydrogen (secondary N) is 1. The Bertz CT molecular complexity index is 381. The molecule has 0 radical (unpaired) electrons. The van der Waals surface area contributed by atoms with Crippen LogP contribution in [0.15, 0.2) is 36.5 Å². The number of benzene rings is 1. The molecule has 0 saturated carbocycles. The maximum atomic E-state index is 4.28. The molecule has 0 bridgehead atoms. The van der Waals surface area contributed by atoms with E-state index >= 15 is 0 Å². The Labute approximate surface area is 83.4 Å². The van der Waals surface area contributed by atoms with Gasteiger partial charge < -0.3 is 0 Å². The number of hydrogen-bond donors (Lipinski definition) is 1. The van der Waals surface area contributed by atoms with Crippen molar-refractivity contribution < 1.29 is 0 Å². The molecule has 1 N–H and O–H groups in total. The van der Waals surface area contributed by atoms with Crippen molar-refractivity contribution >= 4 is 24.9 Å². The maximum absolute atomic E-state index is 4.28. The Kier molecular flexibility index (Phi) is 2.48. The molecule has 2 rings (SSSR count). The van der Waals surface area contributed by atoms with Crippen LogP contribution in [0.4, 0.5) is 10.4 Å². The molecule has 0 saturated heterocycles. The van der Waals surface area contributed by atoms with Crippen LogP contribution in [0.3, 0.4) is 0 Å². The van der Waals surface area contributed by atoms with Gasteiger partial charge in [0.2, 0.25) is 0 Å². The van der Waals surface area contributed by atoms with Gasteiger partial charge in [-0.2, -0.15) is 0 Å². The molecule has 2 aromatic rings. The van der Waals surface area contributed by atoms with Crippen molar-refractivity contribution in [2.75, 3.05) is 5.32 Å². The molecular formula is C10H10N2Se. The molecule has 0 amide bonds. The molecule has 1 heterocycles. The van der Waals surface area contributed by atoms with Crippen LogP contribution in [-0.2, 0) is 0 Å². The first-order valence-electron chi connectivity index (χ1n) is 4.09. The number of para-hydroxylation sites is 1. The zero-order chi connectivity index (χ0) is 9.10. The van der Waals surface area contributed by atoms with Gasteiger partial charge in [-0.3, -0.25) is 0 Å². The van der Waals surface area contributed by atoms with Gasteiger partial charge in [-0.05, 0) is 0 Å². The number of aryl methyl sites for hydroxylation is 1. The summed E-state index contributed by atoms with van der Waals surface area (Å²) in [5.74, 6) is 0. The SMILES string of the molecule is Cc1cnc(Nc2ccccc2)[se]1. The molecule has 0 aliphatic heterocycles. The third-order valence-electron chi connectivity index (χ3n) is 1.65. The molecule has 66 valence electrons. The van der Waals surface area contributed by atoms with Crippen LogP contribution >= 0.6 is 0 Å². The van der Waals surface area contributed by atoms with Crippen molar-refractivity contribution in [3.05, 3.63) is 41.0 Å². The molecule has 3 heteroatoms. The predicted octanol–water partition coefficient (Wildman–Crippen LogP) is 2.19. The van der Waals surface area contributed by atoms with Gasteiger partial charge in [-0.15, -0.1) is 0 Å². The minimum atomic E-state index is 0.399.